The summed E-state index contributed by atoms with van der Waals surface area (Å²) in [6.45, 7) is -0.0279. The summed E-state index contributed by atoms with van der Waals surface area (Å²) < 4.78 is 0. The van der Waals surface area contributed by atoms with E-state index in [4.69, 9.17) is 28.5 Å². The molecule has 2 rings (SSSR count). The fraction of sp³-hybridized carbons (Fsp3) is 0.438. The van der Waals surface area contributed by atoms with Gasteiger partial charge in [0.05, 0.1) is 12.0 Å². The van der Waals surface area contributed by atoms with E-state index in [0.29, 0.717) is 22.0 Å². The van der Waals surface area contributed by atoms with Gasteiger partial charge in [-0.2, -0.15) is 5.26 Å². The van der Waals surface area contributed by atoms with Crippen molar-refractivity contribution in [2.24, 2.45) is 5.92 Å². The van der Waals surface area contributed by atoms with Gasteiger partial charge in [0.1, 0.15) is 6.54 Å². The van der Waals surface area contributed by atoms with Crippen LogP contribution in [0.2, 0.25) is 10.0 Å². The number of nitrogens with zero attached hydrogens (tertiary/aromatic N) is 1. The van der Waals surface area contributed by atoms with Crippen LogP contribution in [0.25, 0.3) is 0 Å². The number of nitriles is 1. The second-order valence-electron chi connectivity index (χ2n) is 5.50. The Labute approximate surface area is 144 Å². The van der Waals surface area contributed by atoms with Gasteiger partial charge in [0.15, 0.2) is 0 Å². The monoisotopic (exact) mass is 353 g/mol. The lowest BCUT2D eigenvalue weighted by molar-refractivity contribution is -0.126. The van der Waals surface area contributed by atoms with Gasteiger partial charge in [-0.1, -0.05) is 36.0 Å². The highest BCUT2D eigenvalue weighted by molar-refractivity contribution is 6.35. The summed E-state index contributed by atoms with van der Waals surface area (Å²) in [5.74, 6) is -0.823. The number of carbonyl (C=O) groups excluding carboxylic acids is 2. The topological polar surface area (TPSA) is 82.0 Å². The standard InChI is InChI=1S/C16H17Cl2N3O2/c17-11-7-10(8-12(18)9-11)15(22)21-14-4-2-1-3-13(14)16(23)20-6-5-19/h7-9,13-14H,1-4,6H2,(H,20,23)(H,21,22)/t13-,14-/m1/s1. The third-order valence-electron chi connectivity index (χ3n) is 3.89. The van der Waals surface area contributed by atoms with Gasteiger partial charge in [0.2, 0.25) is 5.91 Å². The normalized spacial score (nSPS) is 20.4. The highest BCUT2D eigenvalue weighted by Gasteiger charge is 2.32. The molecule has 1 saturated carbocycles. The van der Waals surface area contributed by atoms with Gasteiger partial charge >= 0.3 is 0 Å². The van der Waals surface area contributed by atoms with Crippen molar-refractivity contribution in [3.05, 3.63) is 33.8 Å². The van der Waals surface area contributed by atoms with E-state index >= 15 is 0 Å². The summed E-state index contributed by atoms with van der Waals surface area (Å²) in [6, 6.07) is 6.26. The van der Waals surface area contributed by atoms with E-state index in [1.807, 2.05) is 6.07 Å². The summed E-state index contributed by atoms with van der Waals surface area (Å²) in [6.07, 6.45) is 3.30. The Kier molecular flexibility index (Phi) is 6.26. The average molecular weight is 354 g/mol. The third-order valence-corrected chi connectivity index (χ3v) is 4.32. The number of carbonyl (C=O) groups is 2. The molecule has 1 aromatic carbocycles. The van der Waals surface area contributed by atoms with Gasteiger partial charge in [-0.3, -0.25) is 9.59 Å². The van der Waals surface area contributed by atoms with Crippen LogP contribution in [0.4, 0.5) is 0 Å². The zero-order valence-corrected chi connectivity index (χ0v) is 14.0. The minimum absolute atomic E-state index is 0.0279. The van der Waals surface area contributed by atoms with Crippen LogP contribution < -0.4 is 10.6 Å². The van der Waals surface area contributed by atoms with Crippen LogP contribution in [0.15, 0.2) is 18.2 Å². The first-order chi connectivity index (χ1) is 11.0. The second-order valence-corrected chi connectivity index (χ2v) is 6.38. The molecule has 1 aromatic rings. The summed E-state index contributed by atoms with van der Waals surface area (Å²) in [7, 11) is 0. The third kappa shape index (κ3) is 4.85. The molecule has 0 unspecified atom stereocenters. The molecular weight excluding hydrogens is 337 g/mol. The molecule has 1 fully saturated rings. The van der Waals surface area contributed by atoms with Crippen molar-refractivity contribution in [2.45, 2.75) is 31.7 Å². The van der Waals surface area contributed by atoms with Crippen LogP contribution in [0.3, 0.4) is 0 Å². The van der Waals surface area contributed by atoms with Gasteiger partial charge in [0.25, 0.3) is 5.91 Å². The molecule has 2 amide bonds. The number of halogens is 2. The Morgan fingerprint density at radius 2 is 1.83 bits per heavy atom. The van der Waals surface area contributed by atoms with Crippen LogP contribution in [0, 0.1) is 17.2 Å². The first kappa shape index (κ1) is 17.6. The number of amides is 2. The fourth-order valence-corrected chi connectivity index (χ4v) is 3.34. The maximum Gasteiger partial charge on any atom is 0.251 e. The Balaban J connectivity index is 2.07. The molecule has 2 N–H and O–H groups in total. The molecular formula is C16H17Cl2N3O2. The predicted molar refractivity (Wildman–Crippen MR) is 88.3 cm³/mol. The molecule has 1 aliphatic carbocycles. The maximum absolute atomic E-state index is 12.4. The van der Waals surface area contributed by atoms with E-state index in [2.05, 4.69) is 10.6 Å². The van der Waals surface area contributed by atoms with Crippen LogP contribution in [0.5, 0.6) is 0 Å². The molecule has 2 atom stereocenters. The second kappa shape index (κ2) is 8.19. The van der Waals surface area contributed by atoms with Crippen molar-refractivity contribution in [2.75, 3.05) is 6.54 Å². The number of rotatable bonds is 4. The van der Waals surface area contributed by atoms with Crippen LogP contribution in [-0.4, -0.2) is 24.4 Å². The number of hydrogen-bond donors (Lipinski definition) is 2. The molecule has 0 bridgehead atoms. The van der Waals surface area contributed by atoms with Crippen molar-refractivity contribution >= 4 is 35.0 Å². The minimum atomic E-state index is -0.323. The highest BCUT2D eigenvalue weighted by Crippen LogP contribution is 2.25. The predicted octanol–water partition coefficient (Wildman–Crippen LogP) is 2.92. The number of benzene rings is 1. The lowest BCUT2D eigenvalue weighted by Gasteiger charge is -2.31. The zero-order chi connectivity index (χ0) is 16.8. The lowest BCUT2D eigenvalue weighted by Crippen LogP contribution is -2.48. The van der Waals surface area contributed by atoms with E-state index in [9.17, 15) is 9.59 Å². The molecule has 1 aliphatic rings. The van der Waals surface area contributed by atoms with E-state index < -0.39 is 0 Å². The first-order valence-electron chi connectivity index (χ1n) is 7.43. The quantitative estimate of drug-likeness (QED) is 0.816. The summed E-state index contributed by atoms with van der Waals surface area (Å²) in [5.41, 5.74) is 0.365. The van der Waals surface area contributed by atoms with E-state index in [-0.39, 0.29) is 30.3 Å². The Morgan fingerprint density at radius 1 is 1.17 bits per heavy atom. The first-order valence-corrected chi connectivity index (χ1v) is 8.18. The SMILES string of the molecule is N#CCNC(=O)[C@@H]1CCCC[C@H]1NC(=O)c1cc(Cl)cc(Cl)c1. The zero-order valence-electron chi connectivity index (χ0n) is 12.4. The largest absolute Gasteiger partial charge is 0.349 e. The smallest absolute Gasteiger partial charge is 0.251 e. The Morgan fingerprint density at radius 3 is 2.48 bits per heavy atom. The summed E-state index contributed by atoms with van der Waals surface area (Å²) in [5, 5.41) is 14.8. The Hall–Kier alpha value is -1.77. The van der Waals surface area contributed by atoms with E-state index in [0.717, 1.165) is 19.3 Å². The molecule has 0 aliphatic heterocycles. The molecule has 5 nitrogen and oxygen atoms in total. The maximum atomic E-state index is 12.4. The van der Waals surface area contributed by atoms with Crippen molar-refractivity contribution in [1.29, 1.82) is 5.26 Å². The van der Waals surface area contributed by atoms with Crippen LogP contribution in [0.1, 0.15) is 36.0 Å². The van der Waals surface area contributed by atoms with Crippen molar-refractivity contribution in [3.63, 3.8) is 0 Å². The average Bonchev–Trinajstić information content (AvgIpc) is 2.52. The van der Waals surface area contributed by atoms with Crippen LogP contribution >= 0.6 is 23.2 Å². The molecule has 0 heterocycles. The van der Waals surface area contributed by atoms with Crippen molar-refractivity contribution in [1.82, 2.24) is 10.6 Å². The van der Waals surface area contributed by atoms with Gasteiger partial charge in [-0.05, 0) is 31.0 Å². The number of hydrogen-bond acceptors (Lipinski definition) is 3. The lowest BCUT2D eigenvalue weighted by atomic mass is 9.83. The molecule has 7 heteroatoms. The van der Waals surface area contributed by atoms with E-state index in [1.54, 1.807) is 6.07 Å². The molecule has 0 radical (unpaired) electrons. The molecule has 0 saturated heterocycles. The van der Waals surface area contributed by atoms with Gasteiger partial charge in [0, 0.05) is 21.7 Å². The minimum Gasteiger partial charge on any atom is -0.349 e. The van der Waals surface area contributed by atoms with Crippen LogP contribution in [-0.2, 0) is 4.79 Å². The van der Waals surface area contributed by atoms with Crippen molar-refractivity contribution < 1.29 is 9.59 Å². The van der Waals surface area contributed by atoms with Gasteiger partial charge < -0.3 is 10.6 Å². The van der Waals surface area contributed by atoms with Gasteiger partial charge in [-0.25, -0.2) is 0 Å². The van der Waals surface area contributed by atoms with E-state index in [1.165, 1.54) is 12.1 Å². The summed E-state index contributed by atoms with van der Waals surface area (Å²) in [4.78, 5) is 24.5. The molecule has 0 aromatic heterocycles. The van der Waals surface area contributed by atoms with Gasteiger partial charge in [-0.15, -0.1) is 0 Å². The molecule has 0 spiro atoms. The Bertz CT molecular complexity index is 622. The highest BCUT2D eigenvalue weighted by atomic mass is 35.5. The fourth-order valence-electron chi connectivity index (χ4n) is 2.81. The number of nitrogens with one attached hydrogen (secondary N) is 2. The summed E-state index contributed by atoms with van der Waals surface area (Å²) >= 11 is 11.8. The molecule has 122 valence electrons. The molecule has 23 heavy (non-hydrogen) atoms. The van der Waals surface area contributed by atoms with Crippen molar-refractivity contribution in [3.8, 4) is 6.07 Å².